The lowest BCUT2D eigenvalue weighted by molar-refractivity contribution is 0.101. The van der Waals surface area contributed by atoms with Gasteiger partial charge in [0.15, 0.2) is 5.78 Å². The minimum Gasteiger partial charge on any atom is -0.295 e. The number of fused-ring (bicyclic) bond motifs is 1. The maximum Gasteiger partial charge on any atom is 0.159 e. The lowest BCUT2D eigenvalue weighted by Crippen LogP contribution is -1.94. The first-order chi connectivity index (χ1) is 9.65. The number of carbonyl (C=O) groups excluding carboxylic acids is 1. The number of Topliss-reactive ketones (excluding diaryl/α,β-unsaturated/α-hetero) is 1. The maximum absolute atomic E-state index is 13.8. The summed E-state index contributed by atoms with van der Waals surface area (Å²) in [5.74, 6) is -0.354. The lowest BCUT2D eigenvalue weighted by Gasteiger charge is -2.04. The van der Waals surface area contributed by atoms with E-state index in [1.54, 1.807) is 42.7 Å². The van der Waals surface area contributed by atoms with Crippen LogP contribution in [-0.4, -0.2) is 15.8 Å². The highest BCUT2D eigenvalue weighted by Crippen LogP contribution is 2.23. The van der Waals surface area contributed by atoms with Crippen LogP contribution < -0.4 is 0 Å². The van der Waals surface area contributed by atoms with Crippen LogP contribution in [0.4, 0.5) is 4.39 Å². The molecule has 2 heterocycles. The van der Waals surface area contributed by atoms with Crippen molar-refractivity contribution >= 4 is 16.7 Å². The maximum atomic E-state index is 13.8. The van der Waals surface area contributed by atoms with Crippen molar-refractivity contribution in [3.05, 3.63) is 60.2 Å². The SMILES string of the molecule is CC(=O)c1ccnc(-c2cnc3cccc(F)c3c2)c1. The number of aromatic nitrogens is 2. The molecule has 2 aromatic heterocycles. The van der Waals surface area contributed by atoms with Gasteiger partial charge in [-0.05, 0) is 37.3 Å². The summed E-state index contributed by atoms with van der Waals surface area (Å²) in [7, 11) is 0. The Kier molecular flexibility index (Phi) is 2.99. The van der Waals surface area contributed by atoms with E-state index in [9.17, 15) is 9.18 Å². The summed E-state index contributed by atoms with van der Waals surface area (Å²) in [6, 6.07) is 9.81. The standard InChI is InChI=1S/C16H11FN2O/c1-10(20)11-5-6-18-16(8-11)12-7-13-14(17)3-2-4-15(13)19-9-12/h2-9H,1H3. The third-order valence-corrected chi connectivity index (χ3v) is 3.13. The number of rotatable bonds is 2. The molecule has 3 rings (SSSR count). The predicted octanol–water partition coefficient (Wildman–Crippen LogP) is 3.64. The average Bonchev–Trinajstić information content (AvgIpc) is 2.47. The highest BCUT2D eigenvalue weighted by atomic mass is 19.1. The van der Waals surface area contributed by atoms with Crippen molar-refractivity contribution in [2.75, 3.05) is 0 Å². The van der Waals surface area contributed by atoms with Crippen LogP contribution in [0.5, 0.6) is 0 Å². The largest absolute Gasteiger partial charge is 0.295 e. The summed E-state index contributed by atoms with van der Waals surface area (Å²) in [5, 5.41) is 0.444. The molecule has 0 aliphatic carbocycles. The second-order valence-corrected chi connectivity index (χ2v) is 4.52. The third-order valence-electron chi connectivity index (χ3n) is 3.13. The Balaban J connectivity index is 2.17. The van der Waals surface area contributed by atoms with Crippen LogP contribution in [-0.2, 0) is 0 Å². The lowest BCUT2D eigenvalue weighted by atomic mass is 10.1. The number of halogens is 1. The Labute approximate surface area is 115 Å². The Morgan fingerprint density at radius 1 is 1.15 bits per heavy atom. The zero-order valence-corrected chi connectivity index (χ0v) is 10.8. The minimum atomic E-state index is -0.320. The van der Waals surface area contributed by atoms with E-state index in [0.29, 0.717) is 27.7 Å². The third kappa shape index (κ3) is 2.16. The van der Waals surface area contributed by atoms with Crippen LogP contribution in [0.3, 0.4) is 0 Å². The first kappa shape index (κ1) is 12.4. The monoisotopic (exact) mass is 266 g/mol. The van der Waals surface area contributed by atoms with Crippen molar-refractivity contribution in [3.8, 4) is 11.3 Å². The molecule has 0 fully saturated rings. The van der Waals surface area contributed by atoms with Crippen LogP contribution in [0.25, 0.3) is 22.2 Å². The smallest absolute Gasteiger partial charge is 0.159 e. The molecule has 98 valence electrons. The first-order valence-corrected chi connectivity index (χ1v) is 6.17. The summed E-state index contributed by atoms with van der Waals surface area (Å²) < 4.78 is 13.8. The summed E-state index contributed by atoms with van der Waals surface area (Å²) >= 11 is 0. The van der Waals surface area contributed by atoms with Gasteiger partial charge in [0.1, 0.15) is 5.82 Å². The van der Waals surface area contributed by atoms with Gasteiger partial charge >= 0.3 is 0 Å². The highest BCUT2D eigenvalue weighted by molar-refractivity contribution is 5.95. The summed E-state index contributed by atoms with van der Waals surface area (Å²) in [5.41, 5.74) is 2.46. The molecular formula is C16H11FN2O. The molecule has 20 heavy (non-hydrogen) atoms. The first-order valence-electron chi connectivity index (χ1n) is 6.17. The summed E-state index contributed by atoms with van der Waals surface area (Å²) in [6.07, 6.45) is 3.20. The molecule has 3 aromatic rings. The van der Waals surface area contributed by atoms with Crippen molar-refractivity contribution in [2.24, 2.45) is 0 Å². The van der Waals surface area contributed by atoms with Gasteiger partial charge in [-0.1, -0.05) is 6.07 Å². The average molecular weight is 266 g/mol. The van der Waals surface area contributed by atoms with E-state index in [2.05, 4.69) is 9.97 Å². The number of hydrogen-bond donors (Lipinski definition) is 0. The van der Waals surface area contributed by atoms with Gasteiger partial charge in [0, 0.05) is 28.9 Å². The molecule has 0 saturated heterocycles. The molecule has 0 amide bonds. The van der Waals surface area contributed by atoms with Crippen LogP contribution in [0, 0.1) is 5.82 Å². The Bertz CT molecular complexity index is 814. The van der Waals surface area contributed by atoms with Gasteiger partial charge in [0.25, 0.3) is 0 Å². The topological polar surface area (TPSA) is 42.9 Å². The molecule has 0 N–H and O–H groups in total. The molecule has 0 spiro atoms. The molecule has 1 aromatic carbocycles. The quantitative estimate of drug-likeness (QED) is 0.665. The fraction of sp³-hybridized carbons (Fsp3) is 0.0625. The van der Waals surface area contributed by atoms with E-state index in [1.807, 2.05) is 0 Å². The molecule has 0 atom stereocenters. The van der Waals surface area contributed by atoms with Crippen LogP contribution >= 0.6 is 0 Å². The number of carbonyl (C=O) groups is 1. The number of hydrogen-bond acceptors (Lipinski definition) is 3. The molecule has 0 bridgehead atoms. The number of benzene rings is 1. The number of ketones is 1. The van der Waals surface area contributed by atoms with Crippen LogP contribution in [0.15, 0.2) is 48.8 Å². The van der Waals surface area contributed by atoms with Crippen molar-refractivity contribution in [3.63, 3.8) is 0 Å². The fourth-order valence-corrected chi connectivity index (χ4v) is 2.06. The number of nitrogens with zero attached hydrogens (tertiary/aromatic N) is 2. The Morgan fingerprint density at radius 3 is 2.80 bits per heavy atom. The summed E-state index contributed by atoms with van der Waals surface area (Å²) in [4.78, 5) is 19.8. The zero-order chi connectivity index (χ0) is 14.1. The van der Waals surface area contributed by atoms with Crippen molar-refractivity contribution in [2.45, 2.75) is 6.92 Å². The van der Waals surface area contributed by atoms with Gasteiger partial charge in [-0.15, -0.1) is 0 Å². The van der Waals surface area contributed by atoms with E-state index in [1.165, 1.54) is 13.0 Å². The molecule has 0 aliphatic heterocycles. The van der Waals surface area contributed by atoms with Gasteiger partial charge in [-0.25, -0.2) is 4.39 Å². The van der Waals surface area contributed by atoms with Crippen molar-refractivity contribution < 1.29 is 9.18 Å². The molecule has 0 saturated carbocycles. The Hall–Kier alpha value is -2.62. The van der Waals surface area contributed by atoms with Gasteiger partial charge in [0.2, 0.25) is 0 Å². The van der Waals surface area contributed by atoms with Gasteiger partial charge in [-0.2, -0.15) is 0 Å². The fourth-order valence-electron chi connectivity index (χ4n) is 2.06. The number of pyridine rings is 2. The molecule has 4 heteroatoms. The van der Waals surface area contributed by atoms with Crippen molar-refractivity contribution in [1.29, 1.82) is 0 Å². The molecular weight excluding hydrogens is 255 g/mol. The normalized spacial score (nSPS) is 10.7. The van der Waals surface area contributed by atoms with Gasteiger partial charge < -0.3 is 0 Å². The van der Waals surface area contributed by atoms with Crippen LogP contribution in [0.1, 0.15) is 17.3 Å². The van der Waals surface area contributed by atoms with E-state index in [0.717, 1.165) is 0 Å². The highest BCUT2D eigenvalue weighted by Gasteiger charge is 2.07. The zero-order valence-electron chi connectivity index (χ0n) is 10.8. The van der Waals surface area contributed by atoms with E-state index in [-0.39, 0.29) is 11.6 Å². The molecule has 0 unspecified atom stereocenters. The predicted molar refractivity (Wildman–Crippen MR) is 74.9 cm³/mol. The van der Waals surface area contributed by atoms with E-state index in [4.69, 9.17) is 0 Å². The van der Waals surface area contributed by atoms with E-state index >= 15 is 0 Å². The summed E-state index contributed by atoms with van der Waals surface area (Å²) in [6.45, 7) is 1.50. The molecule has 3 nitrogen and oxygen atoms in total. The molecule has 0 radical (unpaired) electrons. The Morgan fingerprint density at radius 2 is 2.00 bits per heavy atom. The van der Waals surface area contributed by atoms with Gasteiger partial charge in [0.05, 0.1) is 11.2 Å². The van der Waals surface area contributed by atoms with E-state index < -0.39 is 0 Å². The van der Waals surface area contributed by atoms with Crippen LogP contribution in [0.2, 0.25) is 0 Å². The van der Waals surface area contributed by atoms with Gasteiger partial charge in [-0.3, -0.25) is 14.8 Å². The second kappa shape index (κ2) is 4.81. The van der Waals surface area contributed by atoms with Crippen molar-refractivity contribution in [1.82, 2.24) is 9.97 Å². The minimum absolute atomic E-state index is 0.0337. The molecule has 0 aliphatic rings. The second-order valence-electron chi connectivity index (χ2n) is 4.52.